The Morgan fingerprint density at radius 2 is 1.48 bits per heavy atom. The van der Waals surface area contributed by atoms with Crippen LogP contribution < -0.4 is 5.32 Å². The Morgan fingerprint density at radius 1 is 1.05 bits per heavy atom. The first kappa shape index (κ1) is 19.9. The Hall–Kier alpha value is -1.06. The molecule has 0 bridgehead atoms. The van der Waals surface area contributed by atoms with Crippen molar-refractivity contribution < 1.29 is 29.4 Å². The van der Waals surface area contributed by atoms with Crippen molar-refractivity contribution in [3.8, 4) is 0 Å². The molecular weight excluding hydrogens is 318 g/mol. The highest BCUT2D eigenvalue weighted by Gasteiger charge is 2.29. The van der Waals surface area contributed by atoms with Crippen LogP contribution in [0, 0.1) is 5.92 Å². The van der Waals surface area contributed by atoms with E-state index in [1.165, 1.54) is 20.8 Å². The summed E-state index contributed by atoms with van der Waals surface area (Å²) in [5.41, 5.74) is 0. The molecule has 0 aliphatic rings. The highest BCUT2D eigenvalue weighted by Crippen LogP contribution is 2.16. The number of hydrogen-bond donors (Lipinski definition) is 3. The highest BCUT2D eigenvalue weighted by atomic mass is 32.2. The molecule has 2 atom stereocenters. The zero-order chi connectivity index (χ0) is 16.6. The van der Waals surface area contributed by atoms with Crippen LogP contribution in [0.2, 0.25) is 0 Å². The number of aliphatic hydroxyl groups excluding tert-OH is 1. The average Bonchev–Trinajstić information content (AvgIpc) is 2.34. The monoisotopic (exact) mass is 337 g/mol. The van der Waals surface area contributed by atoms with E-state index in [4.69, 9.17) is 5.11 Å². The van der Waals surface area contributed by atoms with Crippen molar-refractivity contribution in [2.24, 2.45) is 5.92 Å². The average molecular weight is 337 g/mol. The molecule has 0 aliphatic carbocycles. The van der Waals surface area contributed by atoms with Crippen LogP contribution in [0.1, 0.15) is 20.8 Å². The van der Waals surface area contributed by atoms with Gasteiger partial charge in [0.15, 0.2) is 16.3 Å². The standard InChI is InChI=1S/C12H19NO6S2/c1-6(14)10(12(18)19)13-11(17)9(4-20-7(2)15)5-21-8(3)16/h6,9-10,14H,4-5H2,1-3H3,(H,13,17)(H,18,19)/t6-,10+/m1/s1. The minimum atomic E-state index is -1.43. The summed E-state index contributed by atoms with van der Waals surface area (Å²) in [5, 5.41) is 20.1. The Labute approximate surface area is 131 Å². The number of rotatable bonds is 8. The summed E-state index contributed by atoms with van der Waals surface area (Å²) in [6.07, 6.45) is -1.26. The van der Waals surface area contributed by atoms with E-state index in [2.05, 4.69) is 5.32 Å². The molecule has 120 valence electrons. The van der Waals surface area contributed by atoms with Crippen LogP contribution in [0.4, 0.5) is 0 Å². The fourth-order valence-corrected chi connectivity index (χ4v) is 2.85. The van der Waals surface area contributed by atoms with Crippen molar-refractivity contribution in [2.75, 3.05) is 11.5 Å². The molecule has 0 radical (unpaired) electrons. The quantitative estimate of drug-likeness (QED) is 0.571. The van der Waals surface area contributed by atoms with E-state index < -0.39 is 29.9 Å². The van der Waals surface area contributed by atoms with E-state index in [0.29, 0.717) is 0 Å². The first-order valence-electron chi connectivity index (χ1n) is 6.13. The maximum Gasteiger partial charge on any atom is 0.328 e. The fraction of sp³-hybridized carbons (Fsp3) is 0.667. The summed E-state index contributed by atoms with van der Waals surface area (Å²) in [6.45, 7) is 3.96. The second-order valence-electron chi connectivity index (χ2n) is 4.37. The van der Waals surface area contributed by atoms with Crippen molar-refractivity contribution in [3.05, 3.63) is 0 Å². The lowest BCUT2D eigenvalue weighted by atomic mass is 10.1. The summed E-state index contributed by atoms with van der Waals surface area (Å²) in [5.74, 6) is -2.36. The topological polar surface area (TPSA) is 121 Å². The van der Waals surface area contributed by atoms with E-state index >= 15 is 0 Å². The Kier molecular flexibility index (Phi) is 9.31. The third-order valence-corrected chi connectivity index (χ3v) is 4.34. The number of aliphatic hydroxyl groups is 1. The molecule has 0 fully saturated rings. The summed E-state index contributed by atoms with van der Waals surface area (Å²) < 4.78 is 0. The van der Waals surface area contributed by atoms with Crippen LogP contribution in [-0.2, 0) is 19.2 Å². The molecular formula is C12H19NO6S2. The van der Waals surface area contributed by atoms with Gasteiger partial charge in [-0.3, -0.25) is 14.4 Å². The van der Waals surface area contributed by atoms with E-state index in [1.54, 1.807) is 0 Å². The Balaban J connectivity index is 4.78. The van der Waals surface area contributed by atoms with Crippen molar-refractivity contribution in [1.29, 1.82) is 0 Å². The summed E-state index contributed by atoms with van der Waals surface area (Å²) in [4.78, 5) is 44.9. The molecule has 0 aliphatic heterocycles. The number of carboxylic acid groups (broad SMARTS) is 1. The van der Waals surface area contributed by atoms with Gasteiger partial charge in [0.25, 0.3) is 0 Å². The minimum Gasteiger partial charge on any atom is -0.480 e. The number of carbonyl (C=O) groups excluding carboxylic acids is 3. The van der Waals surface area contributed by atoms with Gasteiger partial charge in [0, 0.05) is 25.4 Å². The molecule has 0 saturated heterocycles. The summed E-state index contributed by atoms with van der Waals surface area (Å²) in [6, 6.07) is -1.43. The normalized spacial score (nSPS) is 13.6. The van der Waals surface area contributed by atoms with Gasteiger partial charge in [-0.15, -0.1) is 0 Å². The van der Waals surface area contributed by atoms with Gasteiger partial charge in [0.1, 0.15) is 0 Å². The van der Waals surface area contributed by atoms with Crippen LogP contribution >= 0.6 is 23.5 Å². The number of nitrogens with one attached hydrogen (secondary N) is 1. The molecule has 0 aromatic rings. The van der Waals surface area contributed by atoms with E-state index in [9.17, 15) is 24.3 Å². The van der Waals surface area contributed by atoms with Crippen molar-refractivity contribution in [1.82, 2.24) is 5.32 Å². The third-order valence-electron chi connectivity index (χ3n) is 2.39. The van der Waals surface area contributed by atoms with Crippen LogP contribution in [-0.4, -0.2) is 56.0 Å². The zero-order valence-electron chi connectivity index (χ0n) is 12.0. The zero-order valence-corrected chi connectivity index (χ0v) is 13.6. The van der Waals surface area contributed by atoms with Gasteiger partial charge >= 0.3 is 5.97 Å². The lowest BCUT2D eigenvalue weighted by molar-refractivity contribution is -0.145. The van der Waals surface area contributed by atoms with E-state index in [-0.39, 0.29) is 21.7 Å². The van der Waals surface area contributed by atoms with Crippen molar-refractivity contribution in [3.63, 3.8) is 0 Å². The molecule has 7 nitrogen and oxygen atoms in total. The summed E-state index contributed by atoms with van der Waals surface area (Å²) >= 11 is 1.86. The molecule has 1 amide bonds. The number of carbonyl (C=O) groups is 4. The fourth-order valence-electron chi connectivity index (χ4n) is 1.30. The number of amides is 1. The van der Waals surface area contributed by atoms with Crippen LogP contribution in [0.5, 0.6) is 0 Å². The second kappa shape index (κ2) is 9.80. The lowest BCUT2D eigenvalue weighted by Gasteiger charge is -2.21. The van der Waals surface area contributed by atoms with Gasteiger partial charge in [-0.1, -0.05) is 23.5 Å². The summed E-state index contributed by atoms with van der Waals surface area (Å²) in [7, 11) is 0. The molecule has 0 spiro atoms. The molecule has 0 rings (SSSR count). The predicted octanol–water partition coefficient (Wildman–Crippen LogP) is 0.112. The number of thioether (sulfide) groups is 2. The van der Waals surface area contributed by atoms with Crippen molar-refractivity contribution in [2.45, 2.75) is 32.9 Å². The third kappa shape index (κ3) is 8.74. The lowest BCUT2D eigenvalue weighted by Crippen LogP contribution is -2.50. The molecule has 0 unspecified atom stereocenters. The smallest absolute Gasteiger partial charge is 0.328 e. The Bertz CT molecular complexity index is 395. The molecule has 0 aromatic heterocycles. The molecule has 21 heavy (non-hydrogen) atoms. The number of hydrogen-bond acceptors (Lipinski definition) is 7. The van der Waals surface area contributed by atoms with Gasteiger partial charge in [0.05, 0.1) is 12.0 Å². The molecule has 0 aromatic carbocycles. The highest BCUT2D eigenvalue weighted by molar-refractivity contribution is 8.14. The van der Waals surface area contributed by atoms with Gasteiger partial charge < -0.3 is 15.5 Å². The number of carboxylic acids is 1. The molecule has 9 heteroatoms. The van der Waals surface area contributed by atoms with Crippen molar-refractivity contribution >= 4 is 45.6 Å². The first-order valence-corrected chi connectivity index (χ1v) is 8.10. The number of aliphatic carboxylic acids is 1. The maximum absolute atomic E-state index is 12.1. The molecule has 0 saturated carbocycles. The van der Waals surface area contributed by atoms with Crippen LogP contribution in [0.25, 0.3) is 0 Å². The van der Waals surface area contributed by atoms with Gasteiger partial charge in [0.2, 0.25) is 5.91 Å². The maximum atomic E-state index is 12.1. The Morgan fingerprint density at radius 3 is 1.76 bits per heavy atom. The largest absolute Gasteiger partial charge is 0.480 e. The van der Waals surface area contributed by atoms with Crippen LogP contribution in [0.15, 0.2) is 0 Å². The van der Waals surface area contributed by atoms with E-state index in [1.807, 2.05) is 0 Å². The minimum absolute atomic E-state index is 0.146. The van der Waals surface area contributed by atoms with Crippen LogP contribution in [0.3, 0.4) is 0 Å². The van der Waals surface area contributed by atoms with E-state index in [0.717, 1.165) is 23.5 Å². The predicted molar refractivity (Wildman–Crippen MR) is 81.0 cm³/mol. The molecule has 3 N–H and O–H groups in total. The first-order chi connectivity index (χ1) is 9.65. The molecule has 0 heterocycles. The van der Waals surface area contributed by atoms with Gasteiger partial charge in [-0.2, -0.15) is 0 Å². The van der Waals surface area contributed by atoms with Gasteiger partial charge in [-0.05, 0) is 6.92 Å². The SMILES string of the molecule is CC(=O)SCC(CSC(C)=O)C(=O)N[C@H](C(=O)O)[C@@H](C)O. The second-order valence-corrected chi connectivity index (χ2v) is 6.76. The van der Waals surface area contributed by atoms with Gasteiger partial charge in [-0.25, -0.2) is 4.79 Å².